The van der Waals surface area contributed by atoms with E-state index in [1.807, 2.05) is 13.0 Å². The first kappa shape index (κ1) is 14.2. The van der Waals surface area contributed by atoms with E-state index >= 15 is 0 Å². The van der Waals surface area contributed by atoms with Gasteiger partial charge in [-0.25, -0.2) is 0 Å². The van der Waals surface area contributed by atoms with Crippen LogP contribution >= 0.6 is 0 Å². The predicted molar refractivity (Wildman–Crippen MR) is 66.7 cm³/mol. The second kappa shape index (κ2) is 6.17. The quantitative estimate of drug-likeness (QED) is 0.827. The summed E-state index contributed by atoms with van der Waals surface area (Å²) < 4.78 is 6.61. The van der Waals surface area contributed by atoms with E-state index in [1.165, 1.54) is 0 Å². The van der Waals surface area contributed by atoms with Crippen LogP contribution in [0.15, 0.2) is 12.4 Å². The Morgan fingerprint density at radius 2 is 2.44 bits per heavy atom. The lowest BCUT2D eigenvalue weighted by Gasteiger charge is -2.17. The lowest BCUT2D eigenvalue weighted by Crippen LogP contribution is -2.31. The number of nitriles is 1. The fraction of sp³-hybridized carbons (Fsp3) is 0.583. The Morgan fingerprint density at radius 3 is 3.00 bits per heavy atom. The molecule has 1 amide bonds. The van der Waals surface area contributed by atoms with E-state index in [9.17, 15) is 4.79 Å². The average molecular weight is 250 g/mol. The maximum atomic E-state index is 11.9. The second-order valence-electron chi connectivity index (χ2n) is 4.24. The van der Waals surface area contributed by atoms with Gasteiger partial charge in [0.2, 0.25) is 5.91 Å². The number of hydrogen-bond donors (Lipinski definition) is 1. The van der Waals surface area contributed by atoms with Crippen molar-refractivity contribution in [1.82, 2.24) is 9.78 Å². The Kier molecular flexibility index (Phi) is 4.86. The first-order chi connectivity index (χ1) is 8.55. The van der Waals surface area contributed by atoms with Gasteiger partial charge in [0.1, 0.15) is 5.41 Å². The number of nitrogens with one attached hydrogen (secondary N) is 1. The number of rotatable bonds is 6. The molecule has 0 aromatic carbocycles. The van der Waals surface area contributed by atoms with Crippen molar-refractivity contribution in [3.05, 3.63) is 12.4 Å². The number of aromatic nitrogens is 2. The van der Waals surface area contributed by atoms with Gasteiger partial charge in [0.25, 0.3) is 0 Å². The molecule has 1 atom stereocenters. The lowest BCUT2D eigenvalue weighted by molar-refractivity contribution is -0.122. The van der Waals surface area contributed by atoms with Crippen LogP contribution in [0.3, 0.4) is 0 Å². The molecule has 1 heterocycles. The maximum absolute atomic E-state index is 11.9. The maximum Gasteiger partial charge on any atom is 0.244 e. The number of hydrogen-bond acceptors (Lipinski definition) is 4. The van der Waals surface area contributed by atoms with Gasteiger partial charge >= 0.3 is 0 Å². The van der Waals surface area contributed by atoms with Crippen LogP contribution in [-0.2, 0) is 16.1 Å². The van der Waals surface area contributed by atoms with Gasteiger partial charge in [0, 0.05) is 13.3 Å². The molecule has 0 aliphatic carbocycles. The van der Waals surface area contributed by atoms with Crippen LogP contribution in [0.25, 0.3) is 0 Å². The van der Waals surface area contributed by atoms with Crippen molar-refractivity contribution in [3.63, 3.8) is 0 Å². The SMILES string of the molecule is CCC(C)(C#N)C(=O)Nc1cnn(CCOC)c1. The highest BCUT2D eigenvalue weighted by molar-refractivity contribution is 5.96. The number of nitrogens with zero attached hydrogens (tertiary/aromatic N) is 3. The highest BCUT2D eigenvalue weighted by Gasteiger charge is 2.31. The predicted octanol–water partition coefficient (Wildman–Crippen LogP) is 1.41. The van der Waals surface area contributed by atoms with Crippen LogP contribution in [0, 0.1) is 16.7 Å². The summed E-state index contributed by atoms with van der Waals surface area (Å²) in [6, 6.07) is 2.03. The molecule has 0 aliphatic rings. The first-order valence-electron chi connectivity index (χ1n) is 5.80. The molecule has 6 nitrogen and oxygen atoms in total. The van der Waals surface area contributed by atoms with E-state index < -0.39 is 5.41 Å². The van der Waals surface area contributed by atoms with Crippen LogP contribution in [0.2, 0.25) is 0 Å². The normalized spacial score (nSPS) is 13.7. The molecule has 0 saturated carbocycles. The van der Waals surface area contributed by atoms with Gasteiger partial charge in [0.05, 0.1) is 31.1 Å². The van der Waals surface area contributed by atoms with E-state index in [4.69, 9.17) is 10.00 Å². The van der Waals surface area contributed by atoms with Gasteiger partial charge in [-0.15, -0.1) is 0 Å². The number of carbonyl (C=O) groups excluding carboxylic acids is 1. The minimum atomic E-state index is -1.01. The summed E-state index contributed by atoms with van der Waals surface area (Å²) in [7, 11) is 1.62. The molecular weight excluding hydrogens is 232 g/mol. The fourth-order valence-electron chi connectivity index (χ4n) is 1.29. The van der Waals surface area contributed by atoms with E-state index in [2.05, 4.69) is 10.4 Å². The molecule has 1 N–H and O–H groups in total. The third-order valence-corrected chi connectivity index (χ3v) is 2.87. The summed E-state index contributed by atoms with van der Waals surface area (Å²) in [6.45, 7) is 4.61. The van der Waals surface area contributed by atoms with Gasteiger partial charge in [-0.1, -0.05) is 6.92 Å². The van der Waals surface area contributed by atoms with E-state index in [0.717, 1.165) is 0 Å². The summed E-state index contributed by atoms with van der Waals surface area (Å²) in [6.07, 6.45) is 3.73. The highest BCUT2D eigenvalue weighted by Crippen LogP contribution is 2.22. The largest absolute Gasteiger partial charge is 0.383 e. The summed E-state index contributed by atoms with van der Waals surface area (Å²) in [5.41, 5.74) is -0.416. The number of ether oxygens (including phenoxy) is 1. The van der Waals surface area contributed by atoms with Crippen LogP contribution in [0.1, 0.15) is 20.3 Å². The van der Waals surface area contributed by atoms with E-state index in [-0.39, 0.29) is 5.91 Å². The monoisotopic (exact) mass is 250 g/mol. The molecule has 18 heavy (non-hydrogen) atoms. The molecule has 0 spiro atoms. The van der Waals surface area contributed by atoms with Gasteiger partial charge in [-0.3, -0.25) is 9.48 Å². The summed E-state index contributed by atoms with van der Waals surface area (Å²) >= 11 is 0. The third kappa shape index (κ3) is 3.31. The number of carbonyl (C=O) groups is 1. The summed E-state index contributed by atoms with van der Waals surface area (Å²) in [5.74, 6) is -0.307. The Hall–Kier alpha value is -1.87. The van der Waals surface area contributed by atoms with Gasteiger partial charge in [-0.2, -0.15) is 10.4 Å². The van der Waals surface area contributed by atoms with Crippen LogP contribution in [0.5, 0.6) is 0 Å². The average Bonchev–Trinajstić information content (AvgIpc) is 2.82. The molecule has 1 unspecified atom stereocenters. The smallest absolute Gasteiger partial charge is 0.244 e. The van der Waals surface area contributed by atoms with Gasteiger partial charge in [-0.05, 0) is 13.3 Å². The summed E-state index contributed by atoms with van der Waals surface area (Å²) in [5, 5.41) is 15.8. The van der Waals surface area contributed by atoms with Crippen molar-refractivity contribution < 1.29 is 9.53 Å². The number of anilines is 1. The van der Waals surface area contributed by atoms with Crippen molar-refractivity contribution in [1.29, 1.82) is 5.26 Å². The van der Waals surface area contributed by atoms with Crippen LogP contribution < -0.4 is 5.32 Å². The van der Waals surface area contributed by atoms with Crippen molar-refractivity contribution in [2.45, 2.75) is 26.8 Å². The zero-order chi connectivity index (χ0) is 13.6. The summed E-state index contributed by atoms with van der Waals surface area (Å²) in [4.78, 5) is 11.9. The van der Waals surface area contributed by atoms with Gasteiger partial charge in [0.15, 0.2) is 0 Å². The van der Waals surface area contributed by atoms with Gasteiger partial charge < -0.3 is 10.1 Å². The molecule has 0 saturated heterocycles. The topological polar surface area (TPSA) is 79.9 Å². The molecule has 1 aromatic heterocycles. The number of amides is 1. The molecule has 0 bridgehead atoms. The molecule has 1 aromatic rings. The standard InChI is InChI=1S/C12H18N4O2/c1-4-12(2,9-13)11(17)15-10-7-14-16(8-10)5-6-18-3/h7-8H,4-6H2,1-3H3,(H,15,17). The molecule has 0 radical (unpaired) electrons. The lowest BCUT2D eigenvalue weighted by atomic mass is 9.88. The van der Waals surface area contributed by atoms with Crippen LogP contribution in [0.4, 0.5) is 5.69 Å². The Morgan fingerprint density at radius 1 is 1.72 bits per heavy atom. The minimum absolute atomic E-state index is 0.307. The zero-order valence-corrected chi connectivity index (χ0v) is 10.9. The first-order valence-corrected chi connectivity index (χ1v) is 5.80. The fourth-order valence-corrected chi connectivity index (χ4v) is 1.29. The Balaban J connectivity index is 2.65. The van der Waals surface area contributed by atoms with E-state index in [0.29, 0.717) is 25.3 Å². The minimum Gasteiger partial charge on any atom is -0.383 e. The van der Waals surface area contributed by atoms with Crippen molar-refractivity contribution in [2.24, 2.45) is 5.41 Å². The molecular formula is C12H18N4O2. The third-order valence-electron chi connectivity index (χ3n) is 2.87. The molecule has 98 valence electrons. The highest BCUT2D eigenvalue weighted by atomic mass is 16.5. The molecule has 0 aliphatic heterocycles. The molecule has 6 heteroatoms. The van der Waals surface area contributed by atoms with Crippen molar-refractivity contribution >= 4 is 11.6 Å². The van der Waals surface area contributed by atoms with E-state index in [1.54, 1.807) is 31.1 Å². The zero-order valence-electron chi connectivity index (χ0n) is 10.9. The molecule has 0 fully saturated rings. The number of methoxy groups -OCH3 is 1. The Bertz CT molecular complexity index is 449. The van der Waals surface area contributed by atoms with Crippen molar-refractivity contribution in [2.75, 3.05) is 19.0 Å². The van der Waals surface area contributed by atoms with Crippen LogP contribution in [-0.4, -0.2) is 29.4 Å². The molecule has 1 rings (SSSR count). The van der Waals surface area contributed by atoms with Crippen molar-refractivity contribution in [3.8, 4) is 6.07 Å². The second-order valence-corrected chi connectivity index (χ2v) is 4.24. The Labute approximate surface area is 107 Å².